The number of aliphatic imine (C=N–C) groups is 1. The first-order valence-electron chi connectivity index (χ1n) is 7.51. The fraction of sp³-hybridized carbons (Fsp3) is 0.600. The van der Waals surface area contributed by atoms with Crippen LogP contribution in [0.5, 0.6) is 0 Å². The number of nitrogens with one attached hydrogen (secondary N) is 2. The third kappa shape index (κ3) is 4.60. The molecule has 0 aromatic carbocycles. The fourth-order valence-electron chi connectivity index (χ4n) is 2.56. The summed E-state index contributed by atoms with van der Waals surface area (Å²) in [7, 11) is 0. The lowest BCUT2D eigenvalue weighted by Crippen LogP contribution is -2.44. The Morgan fingerprint density at radius 2 is 2.41 bits per heavy atom. The van der Waals surface area contributed by atoms with Crippen LogP contribution >= 0.6 is 22.9 Å². The van der Waals surface area contributed by atoms with E-state index in [4.69, 9.17) is 16.9 Å². The summed E-state index contributed by atoms with van der Waals surface area (Å²) in [6, 6.07) is 6.07. The highest BCUT2D eigenvalue weighted by Gasteiger charge is 2.27. The Labute approximate surface area is 140 Å². The molecule has 1 aromatic rings. The van der Waals surface area contributed by atoms with E-state index < -0.39 is 6.10 Å². The Balaban J connectivity index is 1.96. The van der Waals surface area contributed by atoms with Gasteiger partial charge in [-0.2, -0.15) is 5.26 Å². The molecule has 5 nitrogen and oxygen atoms in total. The van der Waals surface area contributed by atoms with Crippen molar-refractivity contribution in [3.8, 4) is 6.07 Å². The van der Waals surface area contributed by atoms with Crippen LogP contribution in [-0.2, 0) is 0 Å². The van der Waals surface area contributed by atoms with Gasteiger partial charge in [-0.25, -0.2) is 0 Å². The average Bonchev–Trinajstić information content (AvgIpc) is 3.13. The zero-order valence-corrected chi connectivity index (χ0v) is 14.1. The van der Waals surface area contributed by atoms with Gasteiger partial charge in [0.15, 0.2) is 5.96 Å². The number of nitriles is 1. The number of aliphatic hydroxyl groups is 1. The van der Waals surface area contributed by atoms with Crippen LogP contribution in [0, 0.1) is 17.2 Å². The van der Waals surface area contributed by atoms with E-state index in [0.717, 1.165) is 30.7 Å². The maximum atomic E-state index is 10.1. The van der Waals surface area contributed by atoms with E-state index in [1.807, 2.05) is 13.0 Å². The quantitative estimate of drug-likeness (QED) is 0.568. The Kier molecular flexibility index (Phi) is 6.49. The number of halogens is 1. The number of nitrogens with zero attached hydrogens (tertiary/aromatic N) is 2. The summed E-state index contributed by atoms with van der Waals surface area (Å²) in [5, 5.41) is 25.8. The van der Waals surface area contributed by atoms with Gasteiger partial charge < -0.3 is 15.7 Å². The van der Waals surface area contributed by atoms with Crippen LogP contribution in [0.15, 0.2) is 17.1 Å². The molecule has 1 aliphatic carbocycles. The summed E-state index contributed by atoms with van der Waals surface area (Å²) < 4.78 is 0.658. The molecule has 1 heterocycles. The molecule has 0 amide bonds. The lowest BCUT2D eigenvalue weighted by molar-refractivity contribution is 0.191. The second-order valence-corrected chi connectivity index (χ2v) is 7.04. The fourth-order valence-corrected chi connectivity index (χ4v) is 3.60. The molecule has 3 N–H and O–H groups in total. The van der Waals surface area contributed by atoms with Crippen molar-refractivity contribution in [2.75, 3.05) is 13.1 Å². The van der Waals surface area contributed by atoms with Gasteiger partial charge in [0.2, 0.25) is 0 Å². The molecule has 0 saturated heterocycles. The predicted molar refractivity (Wildman–Crippen MR) is 90.1 cm³/mol. The second-order valence-electron chi connectivity index (χ2n) is 5.29. The molecular weight excluding hydrogens is 320 g/mol. The third-order valence-corrected chi connectivity index (χ3v) is 5.03. The minimum Gasteiger partial charge on any atom is -0.386 e. The normalized spacial score (nSPS) is 23.1. The molecule has 2 rings (SSSR count). The molecule has 3 unspecified atom stereocenters. The number of hydrogen-bond acceptors (Lipinski definition) is 4. The van der Waals surface area contributed by atoms with Crippen LogP contribution in [-0.4, -0.2) is 30.2 Å². The highest BCUT2D eigenvalue weighted by Crippen LogP contribution is 2.27. The standard InChI is InChI=1S/C15H21ClN4OS/c1-2-18-15(20-11-5-3-4-10(11)8-17)19-9-12(21)13-6-7-14(16)22-13/h6-7,10-12,21H,2-5,9H2,1H3,(H2,18,19,20). The van der Waals surface area contributed by atoms with Crippen LogP contribution in [0.25, 0.3) is 0 Å². The number of guanidine groups is 1. The zero-order chi connectivity index (χ0) is 15.9. The smallest absolute Gasteiger partial charge is 0.191 e. The summed E-state index contributed by atoms with van der Waals surface area (Å²) in [4.78, 5) is 5.24. The number of rotatable bonds is 5. The maximum Gasteiger partial charge on any atom is 0.191 e. The van der Waals surface area contributed by atoms with Crippen molar-refractivity contribution in [1.29, 1.82) is 5.26 Å². The average molecular weight is 341 g/mol. The topological polar surface area (TPSA) is 80.4 Å². The van der Waals surface area contributed by atoms with Gasteiger partial charge in [-0.05, 0) is 38.3 Å². The van der Waals surface area contributed by atoms with Crippen molar-refractivity contribution in [2.24, 2.45) is 10.9 Å². The lowest BCUT2D eigenvalue weighted by atomic mass is 10.1. The van der Waals surface area contributed by atoms with Crippen molar-refractivity contribution < 1.29 is 5.11 Å². The largest absolute Gasteiger partial charge is 0.386 e. The predicted octanol–water partition coefficient (Wildman–Crippen LogP) is 2.68. The van der Waals surface area contributed by atoms with E-state index in [1.165, 1.54) is 11.3 Å². The summed E-state index contributed by atoms with van der Waals surface area (Å²) in [6.07, 6.45) is 2.31. The van der Waals surface area contributed by atoms with Crippen LogP contribution in [0.1, 0.15) is 37.2 Å². The first-order valence-corrected chi connectivity index (χ1v) is 8.71. The molecule has 3 atom stereocenters. The first kappa shape index (κ1) is 17.1. The molecule has 120 valence electrons. The summed E-state index contributed by atoms with van der Waals surface area (Å²) in [5.74, 6) is 0.682. The Morgan fingerprint density at radius 3 is 3.05 bits per heavy atom. The van der Waals surface area contributed by atoms with Gasteiger partial charge in [0, 0.05) is 17.5 Å². The molecule has 1 saturated carbocycles. The molecule has 1 fully saturated rings. The van der Waals surface area contributed by atoms with E-state index in [-0.39, 0.29) is 18.5 Å². The van der Waals surface area contributed by atoms with E-state index >= 15 is 0 Å². The van der Waals surface area contributed by atoms with Gasteiger partial charge in [-0.1, -0.05) is 11.6 Å². The van der Waals surface area contributed by atoms with Crippen molar-refractivity contribution in [2.45, 2.75) is 38.3 Å². The second kappa shape index (κ2) is 8.37. The van der Waals surface area contributed by atoms with E-state index in [2.05, 4.69) is 21.7 Å². The van der Waals surface area contributed by atoms with Gasteiger partial charge in [-0.3, -0.25) is 4.99 Å². The van der Waals surface area contributed by atoms with Crippen molar-refractivity contribution >= 4 is 28.9 Å². The maximum absolute atomic E-state index is 10.1. The molecule has 0 spiro atoms. The molecule has 0 aliphatic heterocycles. The summed E-state index contributed by atoms with van der Waals surface area (Å²) in [5.41, 5.74) is 0. The Hall–Kier alpha value is -1.29. The van der Waals surface area contributed by atoms with Gasteiger partial charge in [0.1, 0.15) is 6.10 Å². The highest BCUT2D eigenvalue weighted by atomic mass is 35.5. The number of hydrogen-bond donors (Lipinski definition) is 3. The van der Waals surface area contributed by atoms with Crippen molar-refractivity contribution in [1.82, 2.24) is 10.6 Å². The van der Waals surface area contributed by atoms with Gasteiger partial charge in [0.05, 0.1) is 22.9 Å². The summed E-state index contributed by atoms with van der Waals surface area (Å²) in [6.45, 7) is 2.98. The van der Waals surface area contributed by atoms with E-state index in [9.17, 15) is 5.11 Å². The van der Waals surface area contributed by atoms with E-state index in [1.54, 1.807) is 6.07 Å². The zero-order valence-electron chi connectivity index (χ0n) is 12.6. The van der Waals surface area contributed by atoms with Gasteiger partial charge in [0.25, 0.3) is 0 Å². The molecule has 1 aliphatic rings. The molecule has 0 radical (unpaired) electrons. The van der Waals surface area contributed by atoms with E-state index in [0.29, 0.717) is 10.3 Å². The van der Waals surface area contributed by atoms with Crippen LogP contribution < -0.4 is 10.6 Å². The number of aliphatic hydroxyl groups excluding tert-OH is 1. The van der Waals surface area contributed by atoms with Gasteiger partial charge in [-0.15, -0.1) is 11.3 Å². The minimum absolute atomic E-state index is 0.0323. The highest BCUT2D eigenvalue weighted by molar-refractivity contribution is 7.16. The molecule has 7 heteroatoms. The Morgan fingerprint density at radius 1 is 1.59 bits per heavy atom. The Bertz CT molecular complexity index is 554. The monoisotopic (exact) mass is 340 g/mol. The van der Waals surface area contributed by atoms with Crippen molar-refractivity contribution in [3.63, 3.8) is 0 Å². The lowest BCUT2D eigenvalue weighted by Gasteiger charge is -2.19. The third-order valence-electron chi connectivity index (χ3n) is 3.69. The molecule has 0 bridgehead atoms. The van der Waals surface area contributed by atoms with Gasteiger partial charge >= 0.3 is 0 Å². The molecule has 1 aromatic heterocycles. The summed E-state index contributed by atoms with van der Waals surface area (Å²) >= 11 is 7.24. The van der Waals surface area contributed by atoms with Crippen LogP contribution in [0.3, 0.4) is 0 Å². The number of thiophene rings is 1. The SMILES string of the molecule is CCNC(=NCC(O)c1ccc(Cl)s1)NC1CCCC1C#N. The van der Waals surface area contributed by atoms with Crippen LogP contribution in [0.2, 0.25) is 4.34 Å². The first-order chi connectivity index (χ1) is 10.6. The minimum atomic E-state index is -0.664. The molecular formula is C15H21ClN4OS. The van der Waals surface area contributed by atoms with Crippen LogP contribution in [0.4, 0.5) is 0 Å². The molecule has 22 heavy (non-hydrogen) atoms. The van der Waals surface area contributed by atoms with Crippen molar-refractivity contribution in [3.05, 3.63) is 21.3 Å².